The molecule has 150 valence electrons. The molecule has 0 aliphatic carbocycles. The fraction of sp³-hybridized carbons (Fsp3) is 0. The smallest absolute Gasteiger partial charge is 0.185 e. The topological polar surface area (TPSA) is 48.0 Å². The summed E-state index contributed by atoms with van der Waals surface area (Å²) in [5, 5.41) is 5.77. The summed E-state index contributed by atoms with van der Waals surface area (Å²) < 4.78 is 8.78. The second-order valence-corrected chi connectivity index (χ2v) is 7.98. The number of aromatic nitrogens is 2. The van der Waals surface area contributed by atoms with Crippen LogP contribution in [0.3, 0.4) is 0 Å². The van der Waals surface area contributed by atoms with E-state index in [1.54, 1.807) is 29.0 Å². The van der Waals surface area contributed by atoms with Gasteiger partial charge in [-0.3, -0.25) is 4.79 Å². The number of carbonyl (C=O) groups is 1. The van der Waals surface area contributed by atoms with E-state index in [0.29, 0.717) is 17.0 Å². The third-order valence-corrected chi connectivity index (χ3v) is 5.49. The molecule has 4 nitrogen and oxygen atoms in total. The van der Waals surface area contributed by atoms with Crippen molar-refractivity contribution in [2.24, 2.45) is 0 Å². The molecular formula is C26H17BrN2O2. The number of halogens is 1. The van der Waals surface area contributed by atoms with Crippen molar-refractivity contribution in [1.29, 1.82) is 0 Å². The summed E-state index contributed by atoms with van der Waals surface area (Å²) in [6, 6.07) is 27.0. The number of benzene rings is 3. The van der Waals surface area contributed by atoms with E-state index in [9.17, 15) is 4.79 Å². The average molecular weight is 469 g/mol. The van der Waals surface area contributed by atoms with Gasteiger partial charge < -0.3 is 4.42 Å². The van der Waals surface area contributed by atoms with Gasteiger partial charge in [0.2, 0.25) is 0 Å². The third-order valence-electron chi connectivity index (χ3n) is 4.97. The SMILES string of the molecule is O=C(C=Cc1cn(-c2ccccc2)nc1-c1cc2ccccc2o1)c1ccc(Br)cc1. The molecule has 5 heteroatoms. The minimum absolute atomic E-state index is 0.0736. The van der Waals surface area contributed by atoms with Gasteiger partial charge >= 0.3 is 0 Å². The van der Waals surface area contributed by atoms with Crippen LogP contribution in [0.5, 0.6) is 0 Å². The highest BCUT2D eigenvalue weighted by molar-refractivity contribution is 9.10. The van der Waals surface area contributed by atoms with Gasteiger partial charge in [0.1, 0.15) is 11.3 Å². The quantitative estimate of drug-likeness (QED) is 0.207. The number of ketones is 1. The lowest BCUT2D eigenvalue weighted by Crippen LogP contribution is -1.93. The van der Waals surface area contributed by atoms with E-state index in [0.717, 1.165) is 26.7 Å². The molecule has 2 heterocycles. The molecule has 0 unspecified atom stereocenters. The molecule has 0 atom stereocenters. The van der Waals surface area contributed by atoms with E-state index in [1.165, 1.54) is 0 Å². The fourth-order valence-electron chi connectivity index (χ4n) is 3.39. The van der Waals surface area contributed by atoms with E-state index >= 15 is 0 Å². The summed E-state index contributed by atoms with van der Waals surface area (Å²) in [6.45, 7) is 0. The van der Waals surface area contributed by atoms with Gasteiger partial charge in [-0.2, -0.15) is 5.10 Å². The molecule has 0 fully saturated rings. The predicted molar refractivity (Wildman–Crippen MR) is 126 cm³/mol. The van der Waals surface area contributed by atoms with Crippen LogP contribution in [0, 0.1) is 0 Å². The van der Waals surface area contributed by atoms with Crippen molar-refractivity contribution in [2.75, 3.05) is 0 Å². The van der Waals surface area contributed by atoms with Crippen molar-refractivity contribution < 1.29 is 9.21 Å². The molecule has 5 aromatic rings. The van der Waals surface area contributed by atoms with Gasteiger partial charge in [-0.1, -0.05) is 52.3 Å². The van der Waals surface area contributed by atoms with Crippen molar-refractivity contribution in [3.63, 3.8) is 0 Å². The minimum atomic E-state index is -0.0736. The zero-order chi connectivity index (χ0) is 21.2. The fourth-order valence-corrected chi connectivity index (χ4v) is 3.65. The zero-order valence-electron chi connectivity index (χ0n) is 16.4. The van der Waals surface area contributed by atoms with Crippen molar-refractivity contribution in [3.8, 4) is 17.1 Å². The second kappa shape index (κ2) is 8.20. The standard InChI is InChI=1S/C26H17BrN2O2/c27-21-13-10-18(11-14-21)23(30)15-12-20-17-29(22-7-2-1-3-8-22)28-26(20)25-16-19-6-4-5-9-24(19)31-25/h1-17H. The van der Waals surface area contributed by atoms with Crippen LogP contribution in [-0.2, 0) is 0 Å². The first-order chi connectivity index (χ1) is 15.2. The summed E-state index contributed by atoms with van der Waals surface area (Å²) in [4.78, 5) is 12.6. The molecule has 2 aromatic heterocycles. The van der Waals surface area contributed by atoms with Gasteiger partial charge in [-0.15, -0.1) is 0 Å². The average Bonchev–Trinajstić information content (AvgIpc) is 3.42. The summed E-state index contributed by atoms with van der Waals surface area (Å²) in [5.74, 6) is 0.585. The molecule has 31 heavy (non-hydrogen) atoms. The first kappa shape index (κ1) is 19.3. The van der Waals surface area contributed by atoms with Gasteiger partial charge in [0.25, 0.3) is 0 Å². The minimum Gasteiger partial charge on any atom is -0.454 e. The maximum absolute atomic E-state index is 12.6. The Bertz CT molecular complexity index is 1360. The number of hydrogen-bond acceptors (Lipinski definition) is 3. The molecule has 0 bridgehead atoms. The van der Waals surface area contributed by atoms with Gasteiger partial charge in [0, 0.05) is 27.2 Å². The van der Waals surface area contributed by atoms with E-state index in [1.807, 2.05) is 79.0 Å². The van der Waals surface area contributed by atoms with Gasteiger partial charge in [0.15, 0.2) is 11.5 Å². The number of carbonyl (C=O) groups excluding carboxylic acids is 1. The Balaban J connectivity index is 1.57. The monoisotopic (exact) mass is 468 g/mol. The van der Waals surface area contributed by atoms with Crippen LogP contribution in [0.1, 0.15) is 15.9 Å². The van der Waals surface area contributed by atoms with E-state index in [-0.39, 0.29) is 5.78 Å². The number of hydrogen-bond donors (Lipinski definition) is 0. The summed E-state index contributed by atoms with van der Waals surface area (Å²) >= 11 is 3.39. The maximum atomic E-state index is 12.6. The molecule has 0 aliphatic heterocycles. The number of nitrogens with zero attached hydrogens (tertiary/aromatic N) is 2. The van der Waals surface area contributed by atoms with Crippen LogP contribution in [0.2, 0.25) is 0 Å². The Labute approximate surface area is 187 Å². The normalized spacial score (nSPS) is 11.4. The lowest BCUT2D eigenvalue weighted by molar-refractivity contribution is 0.104. The number of para-hydroxylation sites is 2. The van der Waals surface area contributed by atoms with Crippen LogP contribution in [-0.4, -0.2) is 15.6 Å². The highest BCUT2D eigenvalue weighted by atomic mass is 79.9. The zero-order valence-corrected chi connectivity index (χ0v) is 18.0. The molecule has 3 aromatic carbocycles. The van der Waals surface area contributed by atoms with Gasteiger partial charge in [-0.05, 0) is 60.7 Å². The van der Waals surface area contributed by atoms with Crippen LogP contribution in [0.15, 0.2) is 106 Å². The molecule has 0 amide bonds. The largest absolute Gasteiger partial charge is 0.454 e. The molecule has 5 rings (SSSR count). The first-order valence-electron chi connectivity index (χ1n) is 9.79. The van der Waals surface area contributed by atoms with Gasteiger partial charge in [0.05, 0.1) is 5.69 Å². The van der Waals surface area contributed by atoms with Gasteiger partial charge in [-0.25, -0.2) is 4.68 Å². The highest BCUT2D eigenvalue weighted by Gasteiger charge is 2.15. The van der Waals surface area contributed by atoms with E-state index in [2.05, 4.69) is 15.9 Å². The lowest BCUT2D eigenvalue weighted by atomic mass is 10.1. The molecular weight excluding hydrogens is 452 g/mol. The van der Waals surface area contributed by atoms with Crippen molar-refractivity contribution in [3.05, 3.63) is 113 Å². The van der Waals surface area contributed by atoms with Crippen LogP contribution < -0.4 is 0 Å². The van der Waals surface area contributed by atoms with Crippen LogP contribution in [0.4, 0.5) is 0 Å². The van der Waals surface area contributed by atoms with Crippen molar-refractivity contribution in [1.82, 2.24) is 9.78 Å². The van der Waals surface area contributed by atoms with Crippen molar-refractivity contribution >= 4 is 38.8 Å². The Hall–Kier alpha value is -3.70. The highest BCUT2D eigenvalue weighted by Crippen LogP contribution is 2.30. The number of rotatable bonds is 5. The molecule has 0 saturated heterocycles. The Morgan fingerprint density at radius 2 is 1.68 bits per heavy atom. The van der Waals surface area contributed by atoms with Crippen molar-refractivity contribution in [2.45, 2.75) is 0 Å². The molecule has 0 spiro atoms. The van der Waals surface area contributed by atoms with Crippen LogP contribution >= 0.6 is 15.9 Å². The summed E-state index contributed by atoms with van der Waals surface area (Å²) in [6.07, 6.45) is 5.27. The van der Waals surface area contributed by atoms with E-state index in [4.69, 9.17) is 9.52 Å². The molecule has 0 saturated carbocycles. The Morgan fingerprint density at radius 3 is 2.45 bits per heavy atom. The predicted octanol–water partition coefficient (Wildman–Crippen LogP) is 6.94. The number of fused-ring (bicyclic) bond motifs is 1. The van der Waals surface area contributed by atoms with E-state index < -0.39 is 0 Å². The number of furan rings is 1. The molecule has 0 N–H and O–H groups in total. The number of allylic oxidation sites excluding steroid dienone is 1. The maximum Gasteiger partial charge on any atom is 0.185 e. The molecule has 0 aliphatic rings. The Morgan fingerprint density at radius 1 is 0.935 bits per heavy atom. The van der Waals surface area contributed by atoms with Crippen LogP contribution in [0.25, 0.3) is 34.2 Å². The molecule has 0 radical (unpaired) electrons. The first-order valence-corrected chi connectivity index (χ1v) is 10.6. The lowest BCUT2D eigenvalue weighted by Gasteiger charge is -1.98. The summed E-state index contributed by atoms with van der Waals surface area (Å²) in [5.41, 5.74) is 3.83. The third kappa shape index (κ3) is 4.00. The Kier molecular flexibility index (Phi) is 5.10. The summed E-state index contributed by atoms with van der Waals surface area (Å²) in [7, 11) is 0. The second-order valence-electron chi connectivity index (χ2n) is 7.07.